The molecule has 3 heterocycles. The van der Waals surface area contributed by atoms with Gasteiger partial charge in [0, 0.05) is 17.8 Å². The summed E-state index contributed by atoms with van der Waals surface area (Å²) in [5.74, 6) is 1.46. The van der Waals surface area contributed by atoms with E-state index in [-0.39, 0.29) is 0 Å². The van der Waals surface area contributed by atoms with Crippen LogP contribution in [0.3, 0.4) is 0 Å². The summed E-state index contributed by atoms with van der Waals surface area (Å²) in [6, 6.07) is 11.5. The third-order valence-corrected chi connectivity index (χ3v) is 4.08. The van der Waals surface area contributed by atoms with Gasteiger partial charge in [0.05, 0.1) is 19.0 Å². The molecule has 6 nitrogen and oxygen atoms in total. The summed E-state index contributed by atoms with van der Waals surface area (Å²) in [4.78, 5) is 8.26. The molecule has 0 aliphatic carbocycles. The second kappa shape index (κ2) is 5.98. The SMILES string of the molecule is COc1ccccc1-c1cc(Cn2ccc3c(Cl)ncnc32)on1. The first-order valence-corrected chi connectivity index (χ1v) is 7.68. The molecule has 0 atom stereocenters. The van der Waals surface area contributed by atoms with Crippen LogP contribution >= 0.6 is 11.6 Å². The summed E-state index contributed by atoms with van der Waals surface area (Å²) in [5, 5.41) is 5.39. The summed E-state index contributed by atoms with van der Waals surface area (Å²) in [7, 11) is 1.63. The van der Waals surface area contributed by atoms with Crippen LogP contribution in [-0.4, -0.2) is 26.8 Å². The van der Waals surface area contributed by atoms with Gasteiger partial charge in [0.2, 0.25) is 0 Å². The lowest BCUT2D eigenvalue weighted by Gasteiger charge is -2.04. The highest BCUT2D eigenvalue weighted by Gasteiger charge is 2.13. The lowest BCUT2D eigenvalue weighted by atomic mass is 10.1. The van der Waals surface area contributed by atoms with Gasteiger partial charge in [-0.2, -0.15) is 0 Å². The van der Waals surface area contributed by atoms with E-state index in [4.69, 9.17) is 20.9 Å². The van der Waals surface area contributed by atoms with Crippen LogP contribution in [0.2, 0.25) is 5.15 Å². The smallest absolute Gasteiger partial charge is 0.157 e. The van der Waals surface area contributed by atoms with E-state index in [0.29, 0.717) is 17.5 Å². The number of aromatic nitrogens is 4. The van der Waals surface area contributed by atoms with Gasteiger partial charge in [-0.1, -0.05) is 28.9 Å². The van der Waals surface area contributed by atoms with Crippen LogP contribution in [0, 0.1) is 0 Å². The molecule has 0 unspecified atom stereocenters. The molecule has 0 saturated heterocycles. The Morgan fingerprint density at radius 1 is 1.21 bits per heavy atom. The van der Waals surface area contributed by atoms with Gasteiger partial charge >= 0.3 is 0 Å². The Bertz CT molecular complexity index is 1010. The van der Waals surface area contributed by atoms with Crippen molar-refractivity contribution >= 4 is 22.6 Å². The Kier molecular flexibility index (Phi) is 3.66. The number of benzene rings is 1. The summed E-state index contributed by atoms with van der Waals surface area (Å²) in [6.45, 7) is 0.499. The molecule has 4 rings (SSSR count). The molecule has 0 radical (unpaired) electrons. The largest absolute Gasteiger partial charge is 0.496 e. The lowest BCUT2D eigenvalue weighted by Crippen LogP contribution is -1.98. The van der Waals surface area contributed by atoms with Crippen molar-refractivity contribution in [2.24, 2.45) is 0 Å². The highest BCUT2D eigenvalue weighted by molar-refractivity contribution is 6.33. The molecule has 0 spiro atoms. The number of hydrogen-bond acceptors (Lipinski definition) is 5. The molecule has 1 aromatic carbocycles. The van der Waals surface area contributed by atoms with E-state index >= 15 is 0 Å². The average molecular weight is 341 g/mol. The average Bonchev–Trinajstić information content (AvgIpc) is 3.24. The predicted octanol–water partition coefficient (Wildman–Crippen LogP) is 3.80. The van der Waals surface area contributed by atoms with Crippen molar-refractivity contribution in [1.29, 1.82) is 0 Å². The lowest BCUT2D eigenvalue weighted by molar-refractivity contribution is 0.378. The number of hydrogen-bond donors (Lipinski definition) is 0. The number of nitrogens with zero attached hydrogens (tertiary/aromatic N) is 4. The maximum absolute atomic E-state index is 6.08. The number of halogens is 1. The second-order valence-corrected chi connectivity index (χ2v) is 5.58. The molecule has 0 N–H and O–H groups in total. The van der Waals surface area contributed by atoms with Gasteiger partial charge in [-0.25, -0.2) is 9.97 Å². The number of ether oxygens (including phenoxy) is 1. The minimum absolute atomic E-state index is 0.436. The van der Waals surface area contributed by atoms with E-state index in [1.54, 1.807) is 7.11 Å². The zero-order chi connectivity index (χ0) is 16.5. The fraction of sp³-hybridized carbons (Fsp3) is 0.118. The maximum Gasteiger partial charge on any atom is 0.157 e. The quantitative estimate of drug-likeness (QED) is 0.529. The summed E-state index contributed by atoms with van der Waals surface area (Å²) >= 11 is 6.08. The number of fused-ring (bicyclic) bond motifs is 1. The minimum Gasteiger partial charge on any atom is -0.496 e. The normalized spacial score (nSPS) is 11.1. The zero-order valence-corrected chi connectivity index (χ0v) is 13.6. The van der Waals surface area contributed by atoms with Gasteiger partial charge in [-0.3, -0.25) is 0 Å². The van der Waals surface area contributed by atoms with Crippen LogP contribution < -0.4 is 4.74 Å². The van der Waals surface area contributed by atoms with Gasteiger partial charge < -0.3 is 13.8 Å². The van der Waals surface area contributed by atoms with Crippen molar-refractivity contribution in [3.05, 3.63) is 59.8 Å². The molecule has 0 aliphatic heterocycles. The van der Waals surface area contributed by atoms with Crippen LogP contribution in [0.15, 0.2) is 53.4 Å². The highest BCUT2D eigenvalue weighted by atomic mass is 35.5. The second-order valence-electron chi connectivity index (χ2n) is 5.22. The topological polar surface area (TPSA) is 66.0 Å². The highest BCUT2D eigenvalue weighted by Crippen LogP contribution is 2.29. The molecule has 120 valence electrons. The summed E-state index contributed by atoms with van der Waals surface area (Å²) < 4.78 is 12.8. The van der Waals surface area contributed by atoms with Gasteiger partial charge in [0.25, 0.3) is 0 Å². The van der Waals surface area contributed by atoms with Crippen molar-refractivity contribution in [3.8, 4) is 17.0 Å². The van der Waals surface area contributed by atoms with Crippen LogP contribution in [0.25, 0.3) is 22.3 Å². The van der Waals surface area contributed by atoms with E-state index in [2.05, 4.69) is 15.1 Å². The van der Waals surface area contributed by atoms with Crippen molar-refractivity contribution < 1.29 is 9.26 Å². The number of rotatable bonds is 4. The molecule has 7 heteroatoms. The predicted molar refractivity (Wildman–Crippen MR) is 90.1 cm³/mol. The monoisotopic (exact) mass is 340 g/mol. The van der Waals surface area contributed by atoms with Gasteiger partial charge in [0.1, 0.15) is 28.6 Å². The van der Waals surface area contributed by atoms with Gasteiger partial charge in [0.15, 0.2) is 5.76 Å². The van der Waals surface area contributed by atoms with Crippen LogP contribution in [0.1, 0.15) is 5.76 Å². The van der Waals surface area contributed by atoms with E-state index in [9.17, 15) is 0 Å². The third kappa shape index (κ3) is 2.51. The summed E-state index contributed by atoms with van der Waals surface area (Å²) in [5.41, 5.74) is 2.37. The fourth-order valence-corrected chi connectivity index (χ4v) is 2.83. The number of para-hydroxylation sites is 1. The van der Waals surface area contributed by atoms with Crippen molar-refractivity contribution in [2.75, 3.05) is 7.11 Å². The van der Waals surface area contributed by atoms with Crippen LogP contribution in [-0.2, 0) is 6.54 Å². The minimum atomic E-state index is 0.436. The third-order valence-electron chi connectivity index (χ3n) is 3.78. The van der Waals surface area contributed by atoms with E-state index in [1.165, 1.54) is 6.33 Å². The van der Waals surface area contributed by atoms with E-state index < -0.39 is 0 Å². The molecule has 24 heavy (non-hydrogen) atoms. The molecule has 3 aromatic heterocycles. The first-order chi connectivity index (χ1) is 11.8. The molecule has 0 saturated carbocycles. The van der Waals surface area contributed by atoms with Gasteiger partial charge in [-0.05, 0) is 18.2 Å². The van der Waals surface area contributed by atoms with Crippen LogP contribution in [0.5, 0.6) is 5.75 Å². The van der Waals surface area contributed by atoms with E-state index in [1.807, 2.05) is 47.2 Å². The molecule has 0 fully saturated rings. The standard InChI is InChI=1S/C17H13ClN4O2/c1-23-15-5-3-2-4-12(15)14-8-11(24-21-14)9-22-7-6-13-16(18)19-10-20-17(13)22/h2-8,10H,9H2,1H3. The van der Waals surface area contributed by atoms with Gasteiger partial charge in [-0.15, -0.1) is 0 Å². The number of methoxy groups -OCH3 is 1. The molecule has 0 amide bonds. The Balaban J connectivity index is 1.67. The first kappa shape index (κ1) is 14.7. The Morgan fingerprint density at radius 3 is 2.96 bits per heavy atom. The Morgan fingerprint density at radius 2 is 2.08 bits per heavy atom. The van der Waals surface area contributed by atoms with Crippen molar-refractivity contribution in [2.45, 2.75) is 6.54 Å². The van der Waals surface area contributed by atoms with Crippen molar-refractivity contribution in [3.63, 3.8) is 0 Å². The first-order valence-electron chi connectivity index (χ1n) is 7.30. The molecular formula is C17H13ClN4O2. The summed E-state index contributed by atoms with van der Waals surface area (Å²) in [6.07, 6.45) is 3.35. The van der Waals surface area contributed by atoms with Crippen LogP contribution in [0.4, 0.5) is 0 Å². The maximum atomic E-state index is 6.08. The zero-order valence-electron chi connectivity index (χ0n) is 12.8. The Labute approximate surface area is 142 Å². The fourth-order valence-electron chi connectivity index (χ4n) is 2.64. The van der Waals surface area contributed by atoms with Crippen molar-refractivity contribution in [1.82, 2.24) is 19.7 Å². The van der Waals surface area contributed by atoms with E-state index in [0.717, 1.165) is 28.0 Å². The molecule has 4 aromatic rings. The molecular weight excluding hydrogens is 328 g/mol. The molecule has 0 aliphatic rings. The molecule has 0 bridgehead atoms. The Hall–Kier alpha value is -2.86.